The quantitative estimate of drug-likeness (QED) is 0.759. The minimum Gasteiger partial charge on any atom is -0.496 e. The molecule has 1 aliphatic heterocycles. The van der Waals surface area contributed by atoms with Gasteiger partial charge < -0.3 is 14.8 Å². The summed E-state index contributed by atoms with van der Waals surface area (Å²) < 4.78 is 65.5. The molecule has 1 aliphatic rings. The number of methoxy groups -OCH3 is 1. The Bertz CT molecular complexity index is 971. The fraction of sp³-hybridized carbons (Fsp3) is 0.278. The SMILES string of the molecule is COc1ccc(S(=O)(=O)NC2CCOC2)cc1C(=O)Nc1c(F)cccc1F. The maximum atomic E-state index is 13.8. The van der Waals surface area contributed by atoms with E-state index in [1.165, 1.54) is 19.2 Å². The van der Waals surface area contributed by atoms with E-state index in [1.807, 2.05) is 0 Å². The van der Waals surface area contributed by atoms with Crippen LogP contribution in [0.3, 0.4) is 0 Å². The molecule has 0 saturated carbocycles. The summed E-state index contributed by atoms with van der Waals surface area (Å²) in [4.78, 5) is 12.4. The molecule has 7 nitrogen and oxygen atoms in total. The summed E-state index contributed by atoms with van der Waals surface area (Å²) in [5.41, 5.74) is -0.820. The first-order valence-corrected chi connectivity index (χ1v) is 9.83. The number of amides is 1. The zero-order chi connectivity index (χ0) is 20.3. The van der Waals surface area contributed by atoms with Gasteiger partial charge in [-0.05, 0) is 36.8 Å². The van der Waals surface area contributed by atoms with Crippen LogP contribution in [0.1, 0.15) is 16.8 Å². The molecule has 0 aliphatic carbocycles. The number of halogens is 2. The summed E-state index contributed by atoms with van der Waals surface area (Å²) in [5, 5.41) is 2.12. The van der Waals surface area contributed by atoms with Crippen molar-refractivity contribution in [2.75, 3.05) is 25.6 Å². The lowest BCUT2D eigenvalue weighted by molar-refractivity contribution is 0.102. The van der Waals surface area contributed by atoms with E-state index in [4.69, 9.17) is 9.47 Å². The minimum atomic E-state index is -3.93. The third-order valence-corrected chi connectivity index (χ3v) is 5.70. The Hall–Kier alpha value is -2.56. The second-order valence-corrected chi connectivity index (χ2v) is 7.81. The van der Waals surface area contributed by atoms with Gasteiger partial charge in [0.05, 0.1) is 24.2 Å². The van der Waals surface area contributed by atoms with Crippen LogP contribution in [-0.2, 0) is 14.8 Å². The first-order chi connectivity index (χ1) is 13.3. The second kappa shape index (κ2) is 8.21. The summed E-state index contributed by atoms with van der Waals surface area (Å²) in [6.07, 6.45) is 0.537. The number of para-hydroxylation sites is 1. The molecule has 1 unspecified atom stereocenters. The molecule has 0 radical (unpaired) electrons. The molecular formula is C18H18F2N2O5S. The van der Waals surface area contributed by atoms with E-state index in [0.717, 1.165) is 24.3 Å². The Morgan fingerprint density at radius 1 is 1.21 bits per heavy atom. The van der Waals surface area contributed by atoms with Crippen molar-refractivity contribution in [1.29, 1.82) is 0 Å². The molecule has 0 aromatic heterocycles. The largest absolute Gasteiger partial charge is 0.496 e. The monoisotopic (exact) mass is 412 g/mol. The van der Waals surface area contributed by atoms with E-state index in [-0.39, 0.29) is 28.9 Å². The zero-order valence-corrected chi connectivity index (χ0v) is 15.7. The lowest BCUT2D eigenvalue weighted by atomic mass is 10.1. The highest BCUT2D eigenvalue weighted by Gasteiger charge is 2.26. The molecule has 10 heteroatoms. The van der Waals surface area contributed by atoms with Gasteiger partial charge >= 0.3 is 0 Å². The third-order valence-electron chi connectivity index (χ3n) is 4.18. The molecule has 1 amide bonds. The van der Waals surface area contributed by atoms with Gasteiger partial charge in [0, 0.05) is 12.6 Å². The predicted octanol–water partition coefficient (Wildman–Crippen LogP) is 2.29. The van der Waals surface area contributed by atoms with Crippen LogP contribution in [0.25, 0.3) is 0 Å². The van der Waals surface area contributed by atoms with Crippen LogP contribution in [0.2, 0.25) is 0 Å². The highest BCUT2D eigenvalue weighted by atomic mass is 32.2. The number of anilines is 1. The van der Waals surface area contributed by atoms with Crippen LogP contribution in [0.15, 0.2) is 41.3 Å². The molecule has 0 bridgehead atoms. The Balaban J connectivity index is 1.91. The molecule has 1 atom stereocenters. The highest BCUT2D eigenvalue weighted by Crippen LogP contribution is 2.26. The average Bonchev–Trinajstić information content (AvgIpc) is 3.16. The van der Waals surface area contributed by atoms with Gasteiger partial charge in [-0.25, -0.2) is 21.9 Å². The van der Waals surface area contributed by atoms with Crippen LogP contribution in [-0.4, -0.2) is 40.7 Å². The van der Waals surface area contributed by atoms with Crippen LogP contribution in [0, 0.1) is 11.6 Å². The summed E-state index contributed by atoms with van der Waals surface area (Å²) in [6.45, 7) is 0.715. The summed E-state index contributed by atoms with van der Waals surface area (Å²) >= 11 is 0. The van der Waals surface area contributed by atoms with Gasteiger partial charge in [0.1, 0.15) is 23.1 Å². The molecule has 3 rings (SSSR count). The van der Waals surface area contributed by atoms with Crippen molar-refractivity contribution in [3.05, 3.63) is 53.6 Å². The van der Waals surface area contributed by atoms with Crippen molar-refractivity contribution in [2.45, 2.75) is 17.4 Å². The third kappa shape index (κ3) is 4.29. The fourth-order valence-electron chi connectivity index (χ4n) is 2.74. The molecule has 0 spiro atoms. The molecule has 1 fully saturated rings. The summed E-state index contributed by atoms with van der Waals surface area (Å²) in [6, 6.07) is 6.44. The fourth-order valence-corrected chi connectivity index (χ4v) is 4.03. The second-order valence-electron chi connectivity index (χ2n) is 6.09. The Kier molecular flexibility index (Phi) is 5.92. The number of hydrogen-bond acceptors (Lipinski definition) is 5. The molecule has 1 saturated heterocycles. The van der Waals surface area contributed by atoms with Crippen LogP contribution in [0.4, 0.5) is 14.5 Å². The number of carbonyl (C=O) groups excluding carboxylic acids is 1. The van der Waals surface area contributed by atoms with Gasteiger partial charge in [-0.1, -0.05) is 6.07 Å². The minimum absolute atomic E-state index is 0.0531. The van der Waals surface area contributed by atoms with Crippen molar-refractivity contribution in [3.63, 3.8) is 0 Å². The molecule has 2 N–H and O–H groups in total. The van der Waals surface area contributed by atoms with E-state index in [0.29, 0.717) is 13.0 Å². The maximum Gasteiger partial charge on any atom is 0.259 e. The number of nitrogens with one attached hydrogen (secondary N) is 2. The molecular weight excluding hydrogens is 394 g/mol. The van der Waals surface area contributed by atoms with E-state index < -0.39 is 33.3 Å². The van der Waals surface area contributed by atoms with Crippen molar-refractivity contribution in [2.24, 2.45) is 0 Å². The average molecular weight is 412 g/mol. The highest BCUT2D eigenvalue weighted by molar-refractivity contribution is 7.89. The molecule has 2 aromatic carbocycles. The van der Waals surface area contributed by atoms with E-state index in [9.17, 15) is 22.0 Å². The van der Waals surface area contributed by atoms with Gasteiger partial charge in [-0.3, -0.25) is 4.79 Å². The van der Waals surface area contributed by atoms with Crippen molar-refractivity contribution < 1.29 is 31.5 Å². The van der Waals surface area contributed by atoms with Crippen molar-refractivity contribution in [1.82, 2.24) is 4.72 Å². The molecule has 2 aromatic rings. The Morgan fingerprint density at radius 2 is 1.93 bits per heavy atom. The van der Waals surface area contributed by atoms with Gasteiger partial charge in [0.25, 0.3) is 5.91 Å². The van der Waals surface area contributed by atoms with Crippen molar-refractivity contribution >= 4 is 21.6 Å². The molecule has 150 valence electrons. The Morgan fingerprint density at radius 3 is 2.54 bits per heavy atom. The number of carbonyl (C=O) groups is 1. The van der Waals surface area contributed by atoms with Crippen LogP contribution < -0.4 is 14.8 Å². The summed E-state index contributed by atoms with van der Waals surface area (Å²) in [5.74, 6) is -2.78. The normalized spacial score (nSPS) is 16.8. The lowest BCUT2D eigenvalue weighted by Crippen LogP contribution is -2.35. The topological polar surface area (TPSA) is 93.7 Å². The lowest BCUT2D eigenvalue weighted by Gasteiger charge is -2.14. The van der Waals surface area contributed by atoms with Crippen LogP contribution in [0.5, 0.6) is 5.75 Å². The number of ether oxygens (including phenoxy) is 2. The smallest absolute Gasteiger partial charge is 0.259 e. The predicted molar refractivity (Wildman–Crippen MR) is 96.9 cm³/mol. The number of sulfonamides is 1. The zero-order valence-electron chi connectivity index (χ0n) is 14.9. The van der Waals surface area contributed by atoms with E-state index in [1.54, 1.807) is 0 Å². The van der Waals surface area contributed by atoms with Gasteiger partial charge in [-0.2, -0.15) is 0 Å². The first-order valence-electron chi connectivity index (χ1n) is 8.35. The standard InChI is InChI=1S/C18H18F2N2O5S/c1-26-16-6-5-12(28(24,25)22-11-7-8-27-10-11)9-13(16)18(23)21-17-14(19)3-2-4-15(17)20/h2-6,9,11,22H,7-8,10H2,1H3,(H,21,23). The maximum absolute atomic E-state index is 13.8. The molecule has 28 heavy (non-hydrogen) atoms. The Labute approximate surface area is 160 Å². The summed E-state index contributed by atoms with van der Waals surface area (Å²) in [7, 11) is -2.64. The number of benzene rings is 2. The van der Waals surface area contributed by atoms with Gasteiger partial charge in [0.15, 0.2) is 0 Å². The van der Waals surface area contributed by atoms with Crippen molar-refractivity contribution in [3.8, 4) is 5.75 Å². The van der Waals surface area contributed by atoms with E-state index >= 15 is 0 Å². The van der Waals surface area contributed by atoms with Crippen LogP contribution >= 0.6 is 0 Å². The van der Waals surface area contributed by atoms with E-state index in [2.05, 4.69) is 10.0 Å². The number of rotatable bonds is 6. The van der Waals surface area contributed by atoms with Gasteiger partial charge in [-0.15, -0.1) is 0 Å². The van der Waals surface area contributed by atoms with Gasteiger partial charge in [0.2, 0.25) is 10.0 Å². The first kappa shape index (κ1) is 20.2. The number of hydrogen-bond donors (Lipinski definition) is 2. The molecule has 1 heterocycles.